The molecule has 0 spiro atoms. The SMILES string of the molecule is O=C(O)c1cc(NS(=O)(=O)c2ccc(Br)s2)cnc1N1CCCCCC1. The average Bonchev–Trinajstić information content (AvgIpc) is 2.87. The van der Waals surface area contributed by atoms with Crippen molar-refractivity contribution in [3.05, 3.63) is 33.7 Å². The highest BCUT2D eigenvalue weighted by Gasteiger charge is 2.22. The lowest BCUT2D eigenvalue weighted by Crippen LogP contribution is -2.27. The molecule has 0 radical (unpaired) electrons. The smallest absolute Gasteiger partial charge is 0.339 e. The molecule has 3 heterocycles. The quantitative estimate of drug-likeness (QED) is 0.705. The Morgan fingerprint density at radius 2 is 1.92 bits per heavy atom. The summed E-state index contributed by atoms with van der Waals surface area (Å²) in [5, 5.41) is 9.56. The fraction of sp³-hybridized carbons (Fsp3) is 0.375. The Kier molecular flexibility index (Phi) is 5.83. The van der Waals surface area contributed by atoms with Gasteiger partial charge < -0.3 is 10.0 Å². The molecule has 2 N–H and O–H groups in total. The van der Waals surface area contributed by atoms with Gasteiger partial charge in [0.15, 0.2) is 0 Å². The number of rotatable bonds is 5. The van der Waals surface area contributed by atoms with E-state index in [2.05, 4.69) is 25.6 Å². The van der Waals surface area contributed by atoms with E-state index in [0.29, 0.717) is 9.60 Å². The van der Waals surface area contributed by atoms with Gasteiger partial charge >= 0.3 is 5.97 Å². The van der Waals surface area contributed by atoms with E-state index in [9.17, 15) is 18.3 Å². The van der Waals surface area contributed by atoms with Crippen LogP contribution in [0.15, 0.2) is 32.4 Å². The summed E-state index contributed by atoms with van der Waals surface area (Å²) in [5.74, 6) is -0.738. The van der Waals surface area contributed by atoms with E-state index < -0.39 is 16.0 Å². The first-order valence-corrected chi connectivity index (χ1v) is 11.2. The second-order valence-corrected chi connectivity index (χ2v) is 10.3. The molecule has 0 amide bonds. The Bertz CT molecular complexity index is 906. The Morgan fingerprint density at radius 3 is 2.50 bits per heavy atom. The Hall–Kier alpha value is -1.65. The number of pyridine rings is 1. The molecule has 0 aromatic carbocycles. The van der Waals surface area contributed by atoms with Crippen LogP contribution in [0.2, 0.25) is 0 Å². The Labute approximate surface area is 164 Å². The van der Waals surface area contributed by atoms with Crippen molar-refractivity contribution in [1.29, 1.82) is 0 Å². The fourth-order valence-electron chi connectivity index (χ4n) is 2.85. The number of aromatic carboxylic acids is 1. The second kappa shape index (κ2) is 7.93. The minimum Gasteiger partial charge on any atom is -0.478 e. The minimum atomic E-state index is -3.79. The normalized spacial score (nSPS) is 15.5. The van der Waals surface area contributed by atoms with Crippen molar-refractivity contribution in [2.75, 3.05) is 22.7 Å². The molecular weight excluding hydrogens is 442 g/mol. The first-order chi connectivity index (χ1) is 12.4. The van der Waals surface area contributed by atoms with Gasteiger partial charge in [0.05, 0.1) is 15.7 Å². The van der Waals surface area contributed by atoms with Crippen molar-refractivity contribution >= 4 is 54.8 Å². The lowest BCUT2D eigenvalue weighted by molar-refractivity contribution is 0.0697. The fourth-order valence-corrected chi connectivity index (χ4v) is 5.90. The van der Waals surface area contributed by atoms with E-state index in [1.807, 2.05) is 4.90 Å². The Morgan fingerprint density at radius 1 is 1.23 bits per heavy atom. The highest BCUT2D eigenvalue weighted by atomic mass is 79.9. The Balaban J connectivity index is 1.90. The number of aromatic nitrogens is 1. The van der Waals surface area contributed by atoms with E-state index in [0.717, 1.165) is 50.1 Å². The maximum absolute atomic E-state index is 12.4. The van der Waals surface area contributed by atoms with Crippen LogP contribution in [0.1, 0.15) is 36.0 Å². The van der Waals surface area contributed by atoms with Crippen LogP contribution in [-0.2, 0) is 10.0 Å². The van der Waals surface area contributed by atoms with E-state index in [-0.39, 0.29) is 15.5 Å². The van der Waals surface area contributed by atoms with Gasteiger partial charge in [-0.3, -0.25) is 4.72 Å². The number of nitrogens with one attached hydrogen (secondary N) is 1. The van der Waals surface area contributed by atoms with E-state index in [1.54, 1.807) is 6.07 Å². The number of thiophene rings is 1. The van der Waals surface area contributed by atoms with Crippen LogP contribution >= 0.6 is 27.3 Å². The van der Waals surface area contributed by atoms with Gasteiger partial charge in [-0.25, -0.2) is 18.2 Å². The topological polar surface area (TPSA) is 99.6 Å². The van der Waals surface area contributed by atoms with Crippen molar-refractivity contribution < 1.29 is 18.3 Å². The molecule has 140 valence electrons. The van der Waals surface area contributed by atoms with E-state index in [1.165, 1.54) is 18.3 Å². The van der Waals surface area contributed by atoms with Gasteiger partial charge in [-0.2, -0.15) is 0 Å². The van der Waals surface area contributed by atoms with Crippen LogP contribution in [0.3, 0.4) is 0 Å². The maximum atomic E-state index is 12.4. The standard InChI is InChI=1S/C16H18BrN3O4S2/c17-13-5-6-14(25-13)26(23,24)19-11-9-12(16(21)22)15(18-10-11)20-7-3-1-2-4-8-20/h5-6,9-10,19H,1-4,7-8H2,(H,21,22). The monoisotopic (exact) mass is 459 g/mol. The molecule has 2 aromatic heterocycles. The van der Waals surface area contributed by atoms with Crippen LogP contribution in [0.25, 0.3) is 0 Å². The number of carbonyl (C=O) groups is 1. The van der Waals surface area contributed by atoms with E-state index >= 15 is 0 Å². The number of carboxylic acid groups (broad SMARTS) is 1. The second-order valence-electron chi connectivity index (χ2n) is 5.97. The average molecular weight is 460 g/mol. The lowest BCUT2D eigenvalue weighted by atomic mass is 10.2. The molecule has 10 heteroatoms. The molecular formula is C16H18BrN3O4S2. The van der Waals surface area contributed by atoms with Crippen molar-refractivity contribution in [2.24, 2.45) is 0 Å². The minimum absolute atomic E-state index is 0.000500. The van der Waals surface area contributed by atoms with Crippen LogP contribution < -0.4 is 9.62 Å². The molecule has 0 saturated carbocycles. The third kappa shape index (κ3) is 4.36. The molecule has 0 bridgehead atoms. The van der Waals surface area contributed by atoms with Gasteiger partial charge in [0.2, 0.25) is 0 Å². The van der Waals surface area contributed by atoms with Crippen LogP contribution in [0, 0.1) is 0 Å². The molecule has 26 heavy (non-hydrogen) atoms. The summed E-state index contributed by atoms with van der Waals surface area (Å²) in [6.45, 7) is 1.50. The number of anilines is 2. The van der Waals surface area contributed by atoms with Crippen molar-refractivity contribution in [3.63, 3.8) is 0 Å². The predicted molar refractivity (Wildman–Crippen MR) is 105 cm³/mol. The van der Waals surface area contributed by atoms with Gasteiger partial charge in [0.1, 0.15) is 15.6 Å². The van der Waals surface area contributed by atoms with Crippen molar-refractivity contribution in [3.8, 4) is 0 Å². The summed E-state index contributed by atoms with van der Waals surface area (Å²) in [5.41, 5.74) is 0.130. The number of hydrogen-bond acceptors (Lipinski definition) is 6. The summed E-state index contributed by atoms with van der Waals surface area (Å²) >= 11 is 4.31. The molecule has 1 aliphatic heterocycles. The summed E-state index contributed by atoms with van der Waals surface area (Å²) < 4.78 is 28.1. The molecule has 1 fully saturated rings. The summed E-state index contributed by atoms with van der Waals surface area (Å²) in [6, 6.07) is 4.45. The third-order valence-corrected chi connectivity index (χ3v) is 7.57. The van der Waals surface area contributed by atoms with Crippen LogP contribution in [-0.4, -0.2) is 37.6 Å². The maximum Gasteiger partial charge on any atom is 0.339 e. The molecule has 0 unspecified atom stereocenters. The molecule has 0 atom stereocenters. The number of halogens is 1. The number of carboxylic acids is 1. The van der Waals surface area contributed by atoms with E-state index in [4.69, 9.17) is 0 Å². The third-order valence-electron chi connectivity index (χ3n) is 4.07. The van der Waals surface area contributed by atoms with Gasteiger partial charge in [-0.15, -0.1) is 11.3 Å². The zero-order valence-electron chi connectivity index (χ0n) is 13.8. The summed E-state index contributed by atoms with van der Waals surface area (Å²) in [6.07, 6.45) is 5.58. The first-order valence-electron chi connectivity index (χ1n) is 8.13. The molecule has 7 nitrogen and oxygen atoms in total. The predicted octanol–water partition coefficient (Wildman–Crippen LogP) is 3.79. The number of sulfonamides is 1. The highest BCUT2D eigenvalue weighted by Crippen LogP contribution is 2.29. The molecule has 1 saturated heterocycles. The van der Waals surface area contributed by atoms with Gasteiger partial charge in [-0.05, 0) is 47.0 Å². The molecule has 1 aliphatic rings. The van der Waals surface area contributed by atoms with Gasteiger partial charge in [0, 0.05) is 13.1 Å². The zero-order valence-corrected chi connectivity index (χ0v) is 17.0. The molecule has 2 aromatic rings. The first kappa shape index (κ1) is 19.1. The van der Waals surface area contributed by atoms with Crippen molar-refractivity contribution in [1.82, 2.24) is 4.98 Å². The summed E-state index contributed by atoms with van der Waals surface area (Å²) in [4.78, 5) is 17.9. The largest absolute Gasteiger partial charge is 0.478 e. The van der Waals surface area contributed by atoms with Crippen LogP contribution in [0.5, 0.6) is 0 Å². The molecule has 0 aliphatic carbocycles. The number of hydrogen-bond donors (Lipinski definition) is 2. The highest BCUT2D eigenvalue weighted by molar-refractivity contribution is 9.11. The lowest BCUT2D eigenvalue weighted by Gasteiger charge is -2.23. The zero-order chi connectivity index (χ0) is 18.7. The summed E-state index contributed by atoms with van der Waals surface area (Å²) in [7, 11) is -3.79. The van der Waals surface area contributed by atoms with Crippen LogP contribution in [0.4, 0.5) is 11.5 Å². The molecule has 3 rings (SSSR count). The number of nitrogens with zero attached hydrogens (tertiary/aromatic N) is 2. The van der Waals surface area contributed by atoms with Gasteiger partial charge in [-0.1, -0.05) is 12.8 Å². The van der Waals surface area contributed by atoms with Gasteiger partial charge in [0.25, 0.3) is 10.0 Å². The van der Waals surface area contributed by atoms with Crippen molar-refractivity contribution in [2.45, 2.75) is 29.9 Å².